The lowest BCUT2D eigenvalue weighted by atomic mass is 10.2. The van der Waals surface area contributed by atoms with E-state index in [1.54, 1.807) is 13.2 Å². The second-order valence-electron chi connectivity index (χ2n) is 4.23. The molecule has 0 saturated heterocycles. The van der Waals surface area contributed by atoms with Crippen molar-refractivity contribution in [2.75, 3.05) is 11.5 Å². The van der Waals surface area contributed by atoms with Crippen LogP contribution in [0, 0.1) is 3.57 Å². The molecule has 2 nitrogen and oxygen atoms in total. The zero-order valence-electron chi connectivity index (χ0n) is 12.3. The molecular weight excluding hydrogens is 478 g/mol. The van der Waals surface area contributed by atoms with Crippen LogP contribution in [0.3, 0.4) is 0 Å². The average Bonchev–Trinajstić information content (AvgIpc) is 2.44. The zero-order chi connectivity index (χ0) is 15.4. The molecule has 0 aliphatic rings. The van der Waals surface area contributed by atoms with Gasteiger partial charge in [0.2, 0.25) is 0 Å². The maximum atomic E-state index is 10.7. The molecule has 112 valence electrons. The Bertz CT molecular complexity index is 424. The normalized spacial score (nSPS) is 10.1. The fourth-order valence-corrected chi connectivity index (χ4v) is 2.53. The maximum absolute atomic E-state index is 10.7. The summed E-state index contributed by atoms with van der Waals surface area (Å²) in [5, 5.41) is 0. The van der Waals surface area contributed by atoms with E-state index < -0.39 is 0 Å². The third-order valence-corrected chi connectivity index (χ3v) is 4.14. The van der Waals surface area contributed by atoms with Crippen molar-refractivity contribution >= 4 is 57.0 Å². The maximum Gasteiger partial charge on any atom is 0.152 e. The van der Waals surface area contributed by atoms with Crippen molar-refractivity contribution in [3.8, 4) is 5.75 Å². The van der Waals surface area contributed by atoms with Gasteiger partial charge in [-0.15, -0.1) is 0 Å². The predicted molar refractivity (Wildman–Crippen MR) is 104 cm³/mol. The van der Waals surface area contributed by atoms with E-state index in [4.69, 9.17) is 4.74 Å². The Hall–Kier alpha value is -0.110. The van der Waals surface area contributed by atoms with Gasteiger partial charge in [-0.3, -0.25) is 4.79 Å². The highest BCUT2D eigenvalue weighted by atomic mass is 127. The summed E-state index contributed by atoms with van der Waals surface area (Å²) in [5.41, 5.74) is 1.03. The molecule has 0 heterocycles. The molecule has 0 aliphatic heterocycles. The molecule has 1 aromatic carbocycles. The van der Waals surface area contributed by atoms with Gasteiger partial charge >= 0.3 is 0 Å². The van der Waals surface area contributed by atoms with Crippen molar-refractivity contribution in [2.45, 2.75) is 33.1 Å². The predicted octanol–water partition coefficient (Wildman–Crippen LogP) is 5.51. The number of rotatable bonds is 6. The second-order valence-corrected chi connectivity index (χ2v) is 6.47. The van der Waals surface area contributed by atoms with Crippen LogP contribution in [0.2, 0.25) is 0 Å². The molecule has 0 saturated carbocycles. The van der Waals surface area contributed by atoms with Gasteiger partial charge in [0.05, 0.1) is 7.11 Å². The SMILES string of the molecule is CCCCCI.COc1ccc(C=CC(C)=O)c(I)c1. The first-order chi connectivity index (χ1) is 9.54. The number of hydrogen-bond donors (Lipinski definition) is 0. The zero-order valence-corrected chi connectivity index (χ0v) is 16.6. The van der Waals surface area contributed by atoms with Crippen LogP contribution in [0.5, 0.6) is 5.75 Å². The van der Waals surface area contributed by atoms with Crippen molar-refractivity contribution in [2.24, 2.45) is 0 Å². The smallest absolute Gasteiger partial charge is 0.152 e. The lowest BCUT2D eigenvalue weighted by Gasteiger charge is -2.02. The number of unbranched alkanes of at least 4 members (excludes halogenated alkanes) is 2. The van der Waals surface area contributed by atoms with E-state index in [1.165, 1.54) is 30.6 Å². The number of carbonyl (C=O) groups is 1. The van der Waals surface area contributed by atoms with E-state index in [0.717, 1.165) is 14.9 Å². The van der Waals surface area contributed by atoms with Crippen LogP contribution in [0.25, 0.3) is 6.08 Å². The fraction of sp³-hybridized carbons (Fsp3) is 0.438. The first-order valence-electron chi connectivity index (χ1n) is 6.63. The number of carbonyl (C=O) groups excluding carboxylic acids is 1. The standard InChI is InChI=1S/C11H11IO2.C5H11I/c1-8(13)3-4-9-5-6-10(14-2)7-11(9)12;1-2-3-4-5-6/h3-7H,1-2H3;2-5H2,1H3. The minimum absolute atomic E-state index is 0.0524. The Morgan fingerprint density at radius 2 is 2.05 bits per heavy atom. The van der Waals surface area contributed by atoms with Crippen LogP contribution in [0.15, 0.2) is 24.3 Å². The lowest BCUT2D eigenvalue weighted by molar-refractivity contribution is -0.112. The monoisotopic (exact) mass is 500 g/mol. The summed E-state index contributed by atoms with van der Waals surface area (Å²) in [6.07, 6.45) is 7.52. The van der Waals surface area contributed by atoms with Crippen molar-refractivity contribution in [1.29, 1.82) is 0 Å². The van der Waals surface area contributed by atoms with E-state index in [1.807, 2.05) is 24.3 Å². The minimum atomic E-state index is 0.0524. The quantitative estimate of drug-likeness (QED) is 0.223. The number of benzene rings is 1. The molecule has 1 aromatic rings. The number of methoxy groups -OCH3 is 1. The molecule has 4 heteroatoms. The average molecular weight is 500 g/mol. The van der Waals surface area contributed by atoms with Crippen LogP contribution in [-0.4, -0.2) is 17.3 Å². The minimum Gasteiger partial charge on any atom is -0.497 e. The lowest BCUT2D eigenvalue weighted by Crippen LogP contribution is -1.87. The van der Waals surface area contributed by atoms with Gasteiger partial charge in [-0.05, 0) is 64.1 Å². The van der Waals surface area contributed by atoms with E-state index in [2.05, 4.69) is 52.1 Å². The third-order valence-electron chi connectivity index (χ3n) is 2.44. The van der Waals surface area contributed by atoms with Crippen LogP contribution < -0.4 is 4.74 Å². The summed E-state index contributed by atoms with van der Waals surface area (Å²) >= 11 is 4.62. The second kappa shape index (κ2) is 12.6. The number of allylic oxidation sites excluding steroid dienone is 1. The molecule has 0 N–H and O–H groups in total. The molecule has 0 bridgehead atoms. The van der Waals surface area contributed by atoms with Gasteiger partial charge in [0.15, 0.2) is 5.78 Å². The number of alkyl halides is 1. The summed E-state index contributed by atoms with van der Waals surface area (Å²) in [7, 11) is 1.64. The molecular formula is C16H22I2O2. The summed E-state index contributed by atoms with van der Waals surface area (Å²) in [4.78, 5) is 10.7. The largest absolute Gasteiger partial charge is 0.497 e. The van der Waals surface area contributed by atoms with Crippen LogP contribution in [-0.2, 0) is 4.79 Å². The van der Waals surface area contributed by atoms with Crippen molar-refractivity contribution in [1.82, 2.24) is 0 Å². The molecule has 0 radical (unpaired) electrons. The molecule has 1 rings (SSSR count). The molecule has 0 aromatic heterocycles. The summed E-state index contributed by atoms with van der Waals surface area (Å²) < 4.78 is 7.47. The van der Waals surface area contributed by atoms with Crippen LogP contribution >= 0.6 is 45.2 Å². The van der Waals surface area contributed by atoms with Gasteiger partial charge in [0.25, 0.3) is 0 Å². The van der Waals surface area contributed by atoms with Gasteiger partial charge in [-0.2, -0.15) is 0 Å². The summed E-state index contributed by atoms with van der Waals surface area (Å²) in [5.74, 6) is 0.881. The fourth-order valence-electron chi connectivity index (χ4n) is 1.32. The Morgan fingerprint density at radius 1 is 1.35 bits per heavy atom. The molecule has 0 atom stereocenters. The molecule has 20 heavy (non-hydrogen) atoms. The van der Waals surface area contributed by atoms with E-state index in [-0.39, 0.29) is 5.78 Å². The highest BCUT2D eigenvalue weighted by Crippen LogP contribution is 2.20. The number of hydrogen-bond acceptors (Lipinski definition) is 2. The van der Waals surface area contributed by atoms with Gasteiger partial charge in [0, 0.05) is 3.57 Å². The number of ether oxygens (including phenoxy) is 1. The Kier molecular flexibility index (Phi) is 12.5. The summed E-state index contributed by atoms with van der Waals surface area (Å²) in [6, 6.07) is 5.74. The molecule has 0 spiro atoms. The van der Waals surface area contributed by atoms with Crippen molar-refractivity contribution in [3.63, 3.8) is 0 Å². The number of ketones is 1. The van der Waals surface area contributed by atoms with Crippen LogP contribution in [0.4, 0.5) is 0 Å². The van der Waals surface area contributed by atoms with Crippen LogP contribution in [0.1, 0.15) is 38.7 Å². The molecule has 0 unspecified atom stereocenters. The van der Waals surface area contributed by atoms with Crippen molar-refractivity contribution < 1.29 is 9.53 Å². The Labute approximate surface area is 149 Å². The molecule has 0 aliphatic carbocycles. The third kappa shape index (κ3) is 9.74. The summed E-state index contributed by atoms with van der Waals surface area (Å²) in [6.45, 7) is 3.76. The first-order valence-corrected chi connectivity index (χ1v) is 9.23. The topological polar surface area (TPSA) is 26.3 Å². The highest BCUT2D eigenvalue weighted by molar-refractivity contribution is 14.1. The van der Waals surface area contributed by atoms with E-state index >= 15 is 0 Å². The highest BCUT2D eigenvalue weighted by Gasteiger charge is 1.98. The number of halogens is 2. The Balaban J connectivity index is 0.000000511. The first kappa shape index (κ1) is 19.9. The van der Waals surface area contributed by atoms with E-state index in [9.17, 15) is 4.79 Å². The Morgan fingerprint density at radius 3 is 2.45 bits per heavy atom. The van der Waals surface area contributed by atoms with Gasteiger partial charge in [0.1, 0.15) is 5.75 Å². The van der Waals surface area contributed by atoms with Gasteiger partial charge in [-0.1, -0.05) is 54.5 Å². The molecule has 0 amide bonds. The molecule has 0 fully saturated rings. The van der Waals surface area contributed by atoms with Gasteiger partial charge < -0.3 is 4.74 Å². The van der Waals surface area contributed by atoms with E-state index in [0.29, 0.717) is 0 Å². The van der Waals surface area contributed by atoms with Gasteiger partial charge in [-0.25, -0.2) is 0 Å². The van der Waals surface area contributed by atoms with Crippen molar-refractivity contribution in [3.05, 3.63) is 33.4 Å².